The minimum Gasteiger partial charge on any atom is -0.354 e. The topological polar surface area (TPSA) is 69.7 Å². The van der Waals surface area contributed by atoms with Gasteiger partial charge in [0.25, 0.3) is 0 Å². The van der Waals surface area contributed by atoms with Gasteiger partial charge in [0.1, 0.15) is 12.1 Å². The van der Waals surface area contributed by atoms with E-state index in [0.717, 1.165) is 56.8 Å². The average Bonchev–Trinajstić information content (AvgIpc) is 3.16. The number of nitrogens with one attached hydrogen (secondary N) is 2. The van der Waals surface area contributed by atoms with Crippen molar-refractivity contribution in [3.8, 4) is 0 Å². The van der Waals surface area contributed by atoms with Crippen LogP contribution in [-0.4, -0.2) is 46.3 Å². The molecule has 0 bridgehead atoms. The van der Waals surface area contributed by atoms with E-state index in [2.05, 4.69) is 49.4 Å². The smallest absolute Gasteiger partial charge is 0.135 e. The monoisotopic (exact) mass is 348 g/mol. The predicted octanol–water partition coefficient (Wildman–Crippen LogP) is 2.34. The number of hydrogen-bond donors (Lipinski definition) is 2. The summed E-state index contributed by atoms with van der Waals surface area (Å²) in [6.07, 6.45) is 6.91. The van der Waals surface area contributed by atoms with Gasteiger partial charge in [0.05, 0.1) is 11.7 Å². The van der Waals surface area contributed by atoms with E-state index in [0.29, 0.717) is 5.92 Å². The number of fused-ring (bicyclic) bond motifs is 2. The number of piperazine rings is 1. The molecule has 1 saturated heterocycles. The second-order valence-corrected chi connectivity index (χ2v) is 7.43. The summed E-state index contributed by atoms with van der Waals surface area (Å²) < 4.78 is 0. The summed E-state index contributed by atoms with van der Waals surface area (Å²) in [5.74, 6) is 1.66. The van der Waals surface area contributed by atoms with Crippen molar-refractivity contribution in [2.75, 3.05) is 31.1 Å². The Morgan fingerprint density at radius 2 is 2.04 bits per heavy atom. The molecule has 2 aliphatic rings. The lowest BCUT2D eigenvalue weighted by atomic mass is 9.79. The highest BCUT2D eigenvalue weighted by atomic mass is 15.2. The number of aryl methyl sites for hydroxylation is 1. The van der Waals surface area contributed by atoms with Crippen LogP contribution in [0.25, 0.3) is 10.9 Å². The van der Waals surface area contributed by atoms with Crippen LogP contribution >= 0.6 is 0 Å². The highest BCUT2D eigenvalue weighted by molar-refractivity contribution is 5.83. The molecule has 5 rings (SSSR count). The largest absolute Gasteiger partial charge is 0.354 e. The van der Waals surface area contributed by atoms with E-state index in [9.17, 15) is 0 Å². The Labute approximate surface area is 153 Å². The van der Waals surface area contributed by atoms with Crippen molar-refractivity contribution < 1.29 is 0 Å². The quantitative estimate of drug-likeness (QED) is 0.744. The molecular weight excluding hydrogens is 324 g/mol. The van der Waals surface area contributed by atoms with Gasteiger partial charge in [-0.05, 0) is 49.3 Å². The van der Waals surface area contributed by atoms with Gasteiger partial charge in [-0.1, -0.05) is 6.07 Å². The number of nitrogens with zero attached hydrogens (tertiary/aromatic N) is 4. The average molecular weight is 348 g/mol. The SMILES string of the molecule is Cc1ccc2[nH]ncc2c1C1CCc2c(ncnc2N2CCNCC2)C1. The van der Waals surface area contributed by atoms with Gasteiger partial charge in [-0.15, -0.1) is 0 Å². The molecular formula is C20H24N6. The molecule has 1 aliphatic heterocycles. The van der Waals surface area contributed by atoms with E-state index < -0.39 is 0 Å². The molecule has 1 atom stereocenters. The van der Waals surface area contributed by atoms with Crippen LogP contribution in [0.2, 0.25) is 0 Å². The summed E-state index contributed by atoms with van der Waals surface area (Å²) in [4.78, 5) is 11.7. The molecule has 134 valence electrons. The van der Waals surface area contributed by atoms with Gasteiger partial charge in [-0.3, -0.25) is 5.10 Å². The predicted molar refractivity (Wildman–Crippen MR) is 103 cm³/mol. The first-order valence-electron chi connectivity index (χ1n) is 9.52. The van der Waals surface area contributed by atoms with Gasteiger partial charge >= 0.3 is 0 Å². The summed E-state index contributed by atoms with van der Waals surface area (Å²) in [7, 11) is 0. The third-order valence-electron chi connectivity index (χ3n) is 5.90. The van der Waals surface area contributed by atoms with Crippen molar-refractivity contribution in [1.82, 2.24) is 25.5 Å². The Morgan fingerprint density at radius 1 is 1.15 bits per heavy atom. The number of rotatable bonds is 2. The molecule has 2 N–H and O–H groups in total. The maximum atomic E-state index is 4.67. The fraction of sp³-hybridized carbons (Fsp3) is 0.450. The maximum Gasteiger partial charge on any atom is 0.135 e. The van der Waals surface area contributed by atoms with E-state index in [-0.39, 0.29) is 0 Å². The number of H-pyrrole nitrogens is 1. The van der Waals surface area contributed by atoms with Crippen LogP contribution in [0.15, 0.2) is 24.7 Å². The summed E-state index contributed by atoms with van der Waals surface area (Å²) in [6.45, 7) is 6.33. The van der Waals surface area contributed by atoms with E-state index in [4.69, 9.17) is 0 Å². The number of benzene rings is 1. The zero-order valence-electron chi connectivity index (χ0n) is 15.1. The summed E-state index contributed by atoms with van der Waals surface area (Å²) >= 11 is 0. The molecule has 2 aromatic heterocycles. The fourth-order valence-electron chi connectivity index (χ4n) is 4.61. The van der Waals surface area contributed by atoms with E-state index >= 15 is 0 Å². The van der Waals surface area contributed by atoms with Crippen molar-refractivity contribution in [1.29, 1.82) is 0 Å². The molecule has 6 heteroatoms. The van der Waals surface area contributed by atoms with Crippen molar-refractivity contribution in [2.24, 2.45) is 0 Å². The number of aromatic amines is 1. The van der Waals surface area contributed by atoms with Crippen molar-refractivity contribution in [2.45, 2.75) is 32.1 Å². The highest BCUT2D eigenvalue weighted by Crippen LogP contribution is 2.38. The summed E-state index contributed by atoms with van der Waals surface area (Å²) in [5.41, 5.74) is 6.50. The zero-order valence-corrected chi connectivity index (χ0v) is 15.1. The van der Waals surface area contributed by atoms with E-state index in [1.54, 1.807) is 6.33 Å². The second-order valence-electron chi connectivity index (χ2n) is 7.43. The normalized spacial score (nSPS) is 20.3. The molecule has 1 unspecified atom stereocenters. The molecule has 0 radical (unpaired) electrons. The summed E-state index contributed by atoms with van der Waals surface area (Å²) in [6, 6.07) is 4.33. The Hall–Kier alpha value is -2.47. The fourth-order valence-corrected chi connectivity index (χ4v) is 4.61. The molecule has 1 fully saturated rings. The molecule has 0 saturated carbocycles. The first kappa shape index (κ1) is 15.8. The molecule has 1 aromatic carbocycles. The first-order chi connectivity index (χ1) is 12.8. The van der Waals surface area contributed by atoms with Gasteiger partial charge in [0.15, 0.2) is 0 Å². The Kier molecular flexibility index (Phi) is 3.85. The molecule has 1 aliphatic carbocycles. The second kappa shape index (κ2) is 6.36. The van der Waals surface area contributed by atoms with Gasteiger partial charge < -0.3 is 10.2 Å². The van der Waals surface area contributed by atoms with E-state index in [1.807, 2.05) is 6.20 Å². The van der Waals surface area contributed by atoms with Crippen LogP contribution in [0.3, 0.4) is 0 Å². The standard InChI is InChI=1S/C20H24N6/c1-13-2-5-17-16(11-24-25-17)19(13)14-3-4-15-18(10-14)22-12-23-20(15)26-8-6-21-7-9-26/h2,5,11-12,14,21H,3-4,6-10H2,1H3,(H,24,25). The molecule has 6 nitrogen and oxygen atoms in total. The molecule has 0 spiro atoms. The molecule has 0 amide bonds. The first-order valence-corrected chi connectivity index (χ1v) is 9.52. The minimum absolute atomic E-state index is 0.495. The lowest BCUT2D eigenvalue weighted by molar-refractivity contribution is 0.554. The van der Waals surface area contributed by atoms with Gasteiger partial charge in [0, 0.05) is 42.8 Å². The molecule has 26 heavy (non-hydrogen) atoms. The van der Waals surface area contributed by atoms with Crippen LogP contribution in [-0.2, 0) is 12.8 Å². The lowest BCUT2D eigenvalue weighted by Gasteiger charge is -2.33. The van der Waals surface area contributed by atoms with Gasteiger partial charge in [0.2, 0.25) is 0 Å². The maximum absolute atomic E-state index is 4.67. The lowest BCUT2D eigenvalue weighted by Crippen LogP contribution is -2.44. The minimum atomic E-state index is 0.495. The van der Waals surface area contributed by atoms with Crippen LogP contribution < -0.4 is 10.2 Å². The van der Waals surface area contributed by atoms with Crippen LogP contribution in [0.4, 0.5) is 5.82 Å². The van der Waals surface area contributed by atoms with Crippen molar-refractivity contribution in [3.05, 3.63) is 47.0 Å². The van der Waals surface area contributed by atoms with Crippen molar-refractivity contribution >= 4 is 16.7 Å². The number of hydrogen-bond acceptors (Lipinski definition) is 5. The highest BCUT2D eigenvalue weighted by Gasteiger charge is 2.28. The Morgan fingerprint density at radius 3 is 2.92 bits per heavy atom. The third kappa shape index (κ3) is 2.56. The number of aromatic nitrogens is 4. The Bertz CT molecular complexity index is 941. The van der Waals surface area contributed by atoms with Crippen molar-refractivity contribution in [3.63, 3.8) is 0 Å². The van der Waals surface area contributed by atoms with Gasteiger partial charge in [-0.2, -0.15) is 5.10 Å². The zero-order chi connectivity index (χ0) is 17.5. The van der Waals surface area contributed by atoms with Crippen LogP contribution in [0.1, 0.15) is 34.7 Å². The third-order valence-corrected chi connectivity index (χ3v) is 5.90. The number of anilines is 1. The van der Waals surface area contributed by atoms with Crippen LogP contribution in [0, 0.1) is 6.92 Å². The molecule has 3 heterocycles. The van der Waals surface area contributed by atoms with Gasteiger partial charge in [-0.25, -0.2) is 9.97 Å². The Balaban J connectivity index is 1.50. The van der Waals surface area contributed by atoms with E-state index in [1.165, 1.54) is 27.8 Å². The van der Waals surface area contributed by atoms with Crippen LogP contribution in [0.5, 0.6) is 0 Å². The molecule has 3 aromatic rings. The summed E-state index contributed by atoms with van der Waals surface area (Å²) in [5, 5.41) is 12.0.